The van der Waals surface area contributed by atoms with Crippen molar-refractivity contribution >= 4 is 5.91 Å². The summed E-state index contributed by atoms with van der Waals surface area (Å²) >= 11 is 0. The first kappa shape index (κ1) is 66.5. The second kappa shape index (κ2) is 44.5. The number of aliphatic hydroxyl groups is 8. The number of amides is 1. The Labute approximate surface area is 440 Å². The fraction of sp³-hybridized carbons (Fsp3) is 0.780. The first-order valence-corrected chi connectivity index (χ1v) is 28.7. The number of allylic oxidation sites excluding steroid dienone is 11. The third kappa shape index (κ3) is 30.7. The number of carbonyl (C=O) groups excluding carboxylic acids is 1. The summed E-state index contributed by atoms with van der Waals surface area (Å²) in [4.78, 5) is 13.2. The van der Waals surface area contributed by atoms with Crippen LogP contribution in [0.2, 0.25) is 0 Å². The quantitative estimate of drug-likeness (QED) is 0.0205. The fourth-order valence-electron chi connectivity index (χ4n) is 9.00. The summed E-state index contributed by atoms with van der Waals surface area (Å²) in [6.45, 7) is 2.61. The van der Waals surface area contributed by atoms with E-state index in [0.29, 0.717) is 12.8 Å². The number of hydrogen-bond acceptors (Lipinski definition) is 13. The molecule has 14 nitrogen and oxygen atoms in total. The van der Waals surface area contributed by atoms with Crippen molar-refractivity contribution in [3.05, 3.63) is 72.9 Å². The molecule has 14 heteroatoms. The van der Waals surface area contributed by atoms with Crippen molar-refractivity contribution in [1.29, 1.82) is 0 Å². The van der Waals surface area contributed by atoms with Crippen LogP contribution in [0.5, 0.6) is 0 Å². The second-order valence-electron chi connectivity index (χ2n) is 20.0. The molecule has 0 aliphatic carbocycles. The monoisotopic (exact) mass is 1030 g/mol. The molecule has 12 atom stereocenters. The molecule has 9 N–H and O–H groups in total. The van der Waals surface area contributed by atoms with E-state index in [9.17, 15) is 45.6 Å². The Kier molecular flexibility index (Phi) is 40.6. The molecule has 2 rings (SSSR count). The van der Waals surface area contributed by atoms with Crippen LogP contribution in [0.15, 0.2) is 72.9 Å². The molecular formula is C59H103NO13. The molecule has 0 aromatic rings. The van der Waals surface area contributed by atoms with Crippen LogP contribution in [0.25, 0.3) is 0 Å². The first-order valence-electron chi connectivity index (χ1n) is 28.7. The Hall–Kier alpha value is -2.57. The number of ether oxygens (including phenoxy) is 4. The van der Waals surface area contributed by atoms with Crippen molar-refractivity contribution < 1.29 is 64.6 Å². The standard InChI is InChI=1S/C59H103NO13/c1-3-5-7-9-11-13-15-16-17-18-19-20-21-22-23-24-25-26-27-28-29-30-31-32-33-35-37-39-41-43-51(64)60-47(48(63)42-40-38-36-34-14-12-10-8-6-4-2)46-70-58-56(69)54(67)57(50(45-62)72-58)73-59-55(68)53(66)52(65)49(44-61)71-59/h5,7,11,13-14,16-17,19-20,34,40,42,47-50,52-59,61-63,65-69H,3-4,6,8-10,12,15,18,21-33,35-39,41,43-46H2,1-2H3,(H,60,64)/b7-5-,13-11-,17-16-,20-19-,34-14+,42-40+. The van der Waals surface area contributed by atoms with Gasteiger partial charge in [0.15, 0.2) is 12.6 Å². The van der Waals surface area contributed by atoms with Crippen LogP contribution in [0.4, 0.5) is 0 Å². The molecule has 1 amide bonds. The number of aliphatic hydroxyl groups excluding tert-OH is 8. The summed E-state index contributed by atoms with van der Waals surface area (Å²) in [5.41, 5.74) is 0. The molecule has 2 aliphatic rings. The van der Waals surface area contributed by atoms with Crippen LogP contribution in [0.1, 0.15) is 200 Å². The molecule has 12 unspecified atom stereocenters. The van der Waals surface area contributed by atoms with Gasteiger partial charge in [0.05, 0.1) is 32.0 Å². The lowest BCUT2D eigenvalue weighted by atomic mass is 9.97. The van der Waals surface area contributed by atoms with E-state index in [1.807, 2.05) is 6.08 Å². The maximum absolute atomic E-state index is 13.2. The molecule has 0 radical (unpaired) electrons. The zero-order valence-electron chi connectivity index (χ0n) is 45.1. The number of unbranched alkanes of at least 4 members (excludes halogenated alkanes) is 21. The van der Waals surface area contributed by atoms with E-state index in [1.54, 1.807) is 6.08 Å². The van der Waals surface area contributed by atoms with Gasteiger partial charge in [-0.25, -0.2) is 0 Å². The van der Waals surface area contributed by atoms with Crippen LogP contribution < -0.4 is 5.32 Å². The van der Waals surface area contributed by atoms with E-state index in [4.69, 9.17) is 18.9 Å². The van der Waals surface area contributed by atoms with E-state index in [0.717, 1.165) is 64.2 Å². The van der Waals surface area contributed by atoms with Crippen molar-refractivity contribution in [1.82, 2.24) is 5.32 Å². The van der Waals surface area contributed by atoms with Gasteiger partial charge in [0.25, 0.3) is 0 Å². The van der Waals surface area contributed by atoms with Crippen LogP contribution in [0.3, 0.4) is 0 Å². The van der Waals surface area contributed by atoms with Gasteiger partial charge in [0, 0.05) is 6.42 Å². The Morgan fingerprint density at radius 2 is 0.959 bits per heavy atom. The molecule has 0 bridgehead atoms. The van der Waals surface area contributed by atoms with Gasteiger partial charge >= 0.3 is 0 Å². The smallest absolute Gasteiger partial charge is 0.220 e. The summed E-state index contributed by atoms with van der Waals surface area (Å²) < 4.78 is 22.7. The van der Waals surface area contributed by atoms with Crippen molar-refractivity contribution in [2.24, 2.45) is 0 Å². The maximum atomic E-state index is 13.2. The van der Waals surface area contributed by atoms with Gasteiger partial charge in [-0.3, -0.25) is 4.79 Å². The third-order valence-electron chi connectivity index (χ3n) is 13.6. The number of rotatable bonds is 44. The van der Waals surface area contributed by atoms with Crippen molar-refractivity contribution in [2.45, 2.75) is 274 Å². The minimum atomic E-state index is -1.79. The molecule has 0 aromatic heterocycles. The molecule has 0 spiro atoms. The average Bonchev–Trinajstić information content (AvgIpc) is 3.39. The van der Waals surface area contributed by atoms with E-state index < -0.39 is 86.8 Å². The van der Waals surface area contributed by atoms with Crippen molar-refractivity contribution in [3.63, 3.8) is 0 Å². The Morgan fingerprint density at radius 3 is 1.51 bits per heavy atom. The van der Waals surface area contributed by atoms with Crippen LogP contribution in [-0.4, -0.2) is 140 Å². The Morgan fingerprint density at radius 1 is 0.507 bits per heavy atom. The highest BCUT2D eigenvalue weighted by Gasteiger charge is 2.51. The summed E-state index contributed by atoms with van der Waals surface area (Å²) in [6, 6.07) is -0.932. The fourth-order valence-corrected chi connectivity index (χ4v) is 9.00. The minimum absolute atomic E-state index is 0.254. The van der Waals surface area contributed by atoms with Gasteiger partial charge in [-0.05, 0) is 70.6 Å². The molecule has 2 fully saturated rings. The van der Waals surface area contributed by atoms with Crippen LogP contribution in [0, 0.1) is 0 Å². The lowest BCUT2D eigenvalue weighted by molar-refractivity contribution is -0.359. The minimum Gasteiger partial charge on any atom is -0.394 e. The topological polar surface area (TPSA) is 228 Å². The molecule has 0 aromatic carbocycles. The van der Waals surface area contributed by atoms with Gasteiger partial charge in [0.1, 0.15) is 48.8 Å². The molecule has 0 saturated carbocycles. The number of carbonyl (C=O) groups is 1. The molecule has 2 heterocycles. The second-order valence-corrected chi connectivity index (χ2v) is 20.0. The SMILES string of the molecule is CC/C=C\C/C=C\C/C=C\C/C=C\CCCCCCCCCCCCCCCCCCC(=O)NC(COC1OC(CO)C(OC2OC(CO)C(O)C(O)C2O)C(O)C1O)C(O)/C=C/CC/C=C/CCCCCC. The summed E-state index contributed by atoms with van der Waals surface area (Å²) in [5, 5.41) is 86.7. The number of nitrogens with one attached hydrogen (secondary N) is 1. The first-order chi connectivity index (χ1) is 35.6. The Balaban J connectivity index is 1.67. The van der Waals surface area contributed by atoms with E-state index in [2.05, 4.69) is 79.9 Å². The molecule has 422 valence electrons. The average molecular weight is 1030 g/mol. The van der Waals surface area contributed by atoms with Gasteiger partial charge < -0.3 is 65.1 Å². The largest absolute Gasteiger partial charge is 0.394 e. The highest BCUT2D eigenvalue weighted by Crippen LogP contribution is 2.30. The summed E-state index contributed by atoms with van der Waals surface area (Å²) in [7, 11) is 0. The normalized spacial score (nSPS) is 25.9. The zero-order valence-corrected chi connectivity index (χ0v) is 45.1. The van der Waals surface area contributed by atoms with Gasteiger partial charge in [-0.15, -0.1) is 0 Å². The van der Waals surface area contributed by atoms with E-state index in [1.165, 1.54) is 103 Å². The molecular weight excluding hydrogens is 931 g/mol. The van der Waals surface area contributed by atoms with Gasteiger partial charge in [-0.1, -0.05) is 196 Å². The van der Waals surface area contributed by atoms with E-state index >= 15 is 0 Å². The lowest BCUT2D eigenvalue weighted by Gasteiger charge is -2.46. The summed E-state index contributed by atoms with van der Waals surface area (Å²) in [6.07, 6.45) is 41.1. The lowest BCUT2D eigenvalue weighted by Crippen LogP contribution is -2.65. The predicted octanol–water partition coefficient (Wildman–Crippen LogP) is 9.16. The molecule has 73 heavy (non-hydrogen) atoms. The van der Waals surface area contributed by atoms with E-state index in [-0.39, 0.29) is 18.9 Å². The van der Waals surface area contributed by atoms with Crippen LogP contribution >= 0.6 is 0 Å². The molecule has 2 saturated heterocycles. The summed E-state index contributed by atoms with van der Waals surface area (Å²) in [5.74, 6) is -0.254. The van der Waals surface area contributed by atoms with Crippen molar-refractivity contribution in [3.8, 4) is 0 Å². The van der Waals surface area contributed by atoms with Gasteiger partial charge in [0.2, 0.25) is 5.91 Å². The molecule has 2 aliphatic heterocycles. The predicted molar refractivity (Wildman–Crippen MR) is 290 cm³/mol. The highest BCUT2D eigenvalue weighted by molar-refractivity contribution is 5.76. The zero-order chi connectivity index (χ0) is 53.2. The maximum Gasteiger partial charge on any atom is 0.220 e. The van der Waals surface area contributed by atoms with Gasteiger partial charge in [-0.2, -0.15) is 0 Å². The highest BCUT2D eigenvalue weighted by atomic mass is 16.7. The van der Waals surface area contributed by atoms with Crippen molar-refractivity contribution in [2.75, 3.05) is 19.8 Å². The third-order valence-corrected chi connectivity index (χ3v) is 13.6. The number of hydrogen-bond donors (Lipinski definition) is 9. The Bertz CT molecular complexity index is 1500. The van der Waals surface area contributed by atoms with Crippen LogP contribution in [-0.2, 0) is 23.7 Å².